The van der Waals surface area contributed by atoms with E-state index in [9.17, 15) is 0 Å². The quantitative estimate of drug-likeness (QED) is 0.802. The molecule has 1 heterocycles. The van der Waals surface area contributed by atoms with Gasteiger partial charge in [0.05, 0.1) is 0 Å². The SMILES string of the molecule is CCN(CC1CCC1)CC1(C)CCNC1.Cl. The van der Waals surface area contributed by atoms with E-state index in [1.54, 1.807) is 0 Å². The van der Waals surface area contributed by atoms with Crippen LogP contribution in [0.4, 0.5) is 0 Å². The van der Waals surface area contributed by atoms with Crippen LogP contribution in [0.2, 0.25) is 0 Å². The summed E-state index contributed by atoms with van der Waals surface area (Å²) in [6, 6.07) is 0. The van der Waals surface area contributed by atoms with Gasteiger partial charge in [-0.2, -0.15) is 0 Å². The second kappa shape index (κ2) is 6.23. The molecule has 1 unspecified atom stereocenters. The fourth-order valence-corrected chi connectivity index (χ4v) is 2.89. The van der Waals surface area contributed by atoms with Crippen LogP contribution in [-0.4, -0.2) is 37.6 Å². The average molecular weight is 247 g/mol. The molecule has 1 aliphatic carbocycles. The van der Waals surface area contributed by atoms with E-state index in [0.717, 1.165) is 5.92 Å². The lowest BCUT2D eigenvalue weighted by Gasteiger charge is -2.36. The third kappa shape index (κ3) is 3.61. The van der Waals surface area contributed by atoms with Crippen LogP contribution < -0.4 is 5.32 Å². The third-order valence-electron chi connectivity index (χ3n) is 4.25. The molecule has 96 valence electrons. The average Bonchev–Trinajstić information content (AvgIpc) is 2.57. The molecule has 0 radical (unpaired) electrons. The lowest BCUT2D eigenvalue weighted by molar-refractivity contribution is 0.134. The van der Waals surface area contributed by atoms with Gasteiger partial charge in [-0.05, 0) is 43.7 Å². The van der Waals surface area contributed by atoms with E-state index < -0.39 is 0 Å². The summed E-state index contributed by atoms with van der Waals surface area (Å²) in [5, 5.41) is 3.50. The predicted octanol–water partition coefficient (Wildman–Crippen LogP) is 2.53. The Bertz CT molecular complexity index is 198. The van der Waals surface area contributed by atoms with Gasteiger partial charge in [0.2, 0.25) is 0 Å². The summed E-state index contributed by atoms with van der Waals surface area (Å²) in [5.41, 5.74) is 0.541. The molecule has 0 amide bonds. The van der Waals surface area contributed by atoms with Crippen LogP contribution in [0.25, 0.3) is 0 Å². The highest BCUT2D eigenvalue weighted by molar-refractivity contribution is 5.85. The summed E-state index contributed by atoms with van der Waals surface area (Å²) in [6.07, 6.45) is 5.78. The summed E-state index contributed by atoms with van der Waals surface area (Å²) < 4.78 is 0. The zero-order valence-electron chi connectivity index (χ0n) is 10.8. The number of hydrogen-bond donors (Lipinski definition) is 1. The van der Waals surface area contributed by atoms with E-state index in [0.29, 0.717) is 5.41 Å². The topological polar surface area (TPSA) is 15.3 Å². The molecule has 3 heteroatoms. The van der Waals surface area contributed by atoms with Gasteiger partial charge in [0.15, 0.2) is 0 Å². The molecule has 16 heavy (non-hydrogen) atoms. The first kappa shape index (κ1) is 14.3. The standard InChI is InChI=1S/C13H26N2.ClH/c1-3-15(9-12-5-4-6-12)11-13(2)7-8-14-10-13;/h12,14H,3-11H2,1-2H3;1H. The van der Waals surface area contributed by atoms with Crippen molar-refractivity contribution in [1.29, 1.82) is 0 Å². The molecular weight excluding hydrogens is 220 g/mol. The van der Waals surface area contributed by atoms with Gasteiger partial charge < -0.3 is 10.2 Å². The fourth-order valence-electron chi connectivity index (χ4n) is 2.89. The second-order valence-corrected chi connectivity index (χ2v) is 5.86. The van der Waals surface area contributed by atoms with Crippen LogP contribution in [-0.2, 0) is 0 Å². The second-order valence-electron chi connectivity index (χ2n) is 5.86. The van der Waals surface area contributed by atoms with Crippen molar-refractivity contribution in [1.82, 2.24) is 10.2 Å². The predicted molar refractivity (Wildman–Crippen MR) is 72.3 cm³/mol. The molecule has 1 saturated heterocycles. The lowest BCUT2D eigenvalue weighted by Crippen LogP contribution is -2.40. The van der Waals surface area contributed by atoms with Gasteiger partial charge in [0, 0.05) is 19.6 Å². The number of nitrogens with one attached hydrogen (secondary N) is 1. The Morgan fingerprint density at radius 2 is 2.12 bits per heavy atom. The van der Waals surface area contributed by atoms with Gasteiger partial charge in [-0.25, -0.2) is 0 Å². The Morgan fingerprint density at radius 1 is 1.38 bits per heavy atom. The van der Waals surface area contributed by atoms with Crippen molar-refractivity contribution < 1.29 is 0 Å². The summed E-state index contributed by atoms with van der Waals surface area (Å²) >= 11 is 0. The zero-order chi connectivity index (χ0) is 10.7. The molecule has 2 nitrogen and oxygen atoms in total. The van der Waals surface area contributed by atoms with Crippen molar-refractivity contribution in [3.63, 3.8) is 0 Å². The minimum atomic E-state index is 0. The van der Waals surface area contributed by atoms with Crippen LogP contribution in [0.3, 0.4) is 0 Å². The van der Waals surface area contributed by atoms with Crippen molar-refractivity contribution in [2.24, 2.45) is 11.3 Å². The van der Waals surface area contributed by atoms with Crippen LogP contribution in [0, 0.1) is 11.3 Å². The maximum absolute atomic E-state index is 3.50. The van der Waals surface area contributed by atoms with Crippen molar-refractivity contribution in [3.8, 4) is 0 Å². The number of halogens is 1. The maximum Gasteiger partial charge on any atom is 0.00480 e. The van der Waals surface area contributed by atoms with E-state index in [1.807, 2.05) is 0 Å². The lowest BCUT2D eigenvalue weighted by atomic mass is 9.84. The molecule has 0 bridgehead atoms. The number of nitrogens with zero attached hydrogens (tertiary/aromatic N) is 1. The molecule has 2 aliphatic rings. The van der Waals surface area contributed by atoms with E-state index >= 15 is 0 Å². The molecule has 0 aromatic heterocycles. The first-order chi connectivity index (χ1) is 7.22. The first-order valence-electron chi connectivity index (χ1n) is 6.65. The van der Waals surface area contributed by atoms with Gasteiger partial charge in [-0.3, -0.25) is 0 Å². The maximum atomic E-state index is 3.50. The monoisotopic (exact) mass is 246 g/mol. The minimum Gasteiger partial charge on any atom is -0.316 e. The molecule has 1 saturated carbocycles. The van der Waals surface area contributed by atoms with Crippen LogP contribution in [0.1, 0.15) is 39.5 Å². The highest BCUT2D eigenvalue weighted by Crippen LogP contribution is 2.30. The molecule has 2 fully saturated rings. The summed E-state index contributed by atoms with van der Waals surface area (Å²) in [7, 11) is 0. The highest BCUT2D eigenvalue weighted by atomic mass is 35.5. The van der Waals surface area contributed by atoms with Gasteiger partial charge in [0.25, 0.3) is 0 Å². The molecular formula is C13H27ClN2. The van der Waals surface area contributed by atoms with Crippen molar-refractivity contribution in [3.05, 3.63) is 0 Å². The first-order valence-corrected chi connectivity index (χ1v) is 6.65. The van der Waals surface area contributed by atoms with Gasteiger partial charge in [-0.15, -0.1) is 12.4 Å². The molecule has 2 rings (SSSR count). The smallest absolute Gasteiger partial charge is 0.00480 e. The Labute approximate surface area is 107 Å². The summed E-state index contributed by atoms with van der Waals surface area (Å²) in [5.74, 6) is 1.02. The van der Waals surface area contributed by atoms with Gasteiger partial charge in [0.1, 0.15) is 0 Å². The van der Waals surface area contributed by atoms with Gasteiger partial charge in [-0.1, -0.05) is 20.3 Å². The molecule has 1 N–H and O–H groups in total. The minimum absolute atomic E-state index is 0. The molecule has 1 aliphatic heterocycles. The van der Waals surface area contributed by atoms with E-state index in [4.69, 9.17) is 0 Å². The van der Waals surface area contributed by atoms with Crippen LogP contribution in [0.5, 0.6) is 0 Å². The molecule has 0 aromatic carbocycles. The zero-order valence-corrected chi connectivity index (χ0v) is 11.6. The van der Waals surface area contributed by atoms with Crippen molar-refractivity contribution in [2.75, 3.05) is 32.7 Å². The van der Waals surface area contributed by atoms with Gasteiger partial charge >= 0.3 is 0 Å². The highest BCUT2D eigenvalue weighted by Gasteiger charge is 2.31. The van der Waals surface area contributed by atoms with Crippen LogP contribution in [0.15, 0.2) is 0 Å². The summed E-state index contributed by atoms with van der Waals surface area (Å²) in [4.78, 5) is 2.68. The number of hydrogen-bond acceptors (Lipinski definition) is 2. The molecule has 0 aromatic rings. The third-order valence-corrected chi connectivity index (χ3v) is 4.25. The Morgan fingerprint density at radius 3 is 2.56 bits per heavy atom. The Hall–Kier alpha value is 0.210. The van der Waals surface area contributed by atoms with E-state index in [2.05, 4.69) is 24.1 Å². The number of rotatable bonds is 5. The largest absolute Gasteiger partial charge is 0.316 e. The molecule has 0 spiro atoms. The van der Waals surface area contributed by atoms with Crippen molar-refractivity contribution in [2.45, 2.75) is 39.5 Å². The summed E-state index contributed by atoms with van der Waals surface area (Å²) in [6.45, 7) is 11.1. The van der Waals surface area contributed by atoms with E-state index in [1.165, 1.54) is 58.4 Å². The Kier molecular flexibility index (Phi) is 5.55. The van der Waals surface area contributed by atoms with Crippen LogP contribution >= 0.6 is 12.4 Å². The van der Waals surface area contributed by atoms with Crippen molar-refractivity contribution >= 4 is 12.4 Å². The fraction of sp³-hybridized carbons (Fsp3) is 1.00. The normalized spacial score (nSPS) is 30.2. The molecule has 1 atom stereocenters. The Balaban J connectivity index is 0.00000128. The van der Waals surface area contributed by atoms with E-state index in [-0.39, 0.29) is 12.4 Å².